The first-order chi connectivity index (χ1) is 9.02. The number of hydrogen-bond donors (Lipinski definition) is 0. The van der Waals surface area contributed by atoms with Gasteiger partial charge in [0.1, 0.15) is 5.82 Å². The Morgan fingerprint density at radius 1 is 1.37 bits per heavy atom. The summed E-state index contributed by atoms with van der Waals surface area (Å²) in [6.07, 6.45) is 1.66. The summed E-state index contributed by atoms with van der Waals surface area (Å²) in [5.41, 5.74) is 0.548. The number of ether oxygens (including phenoxy) is 1. The topological polar surface area (TPSA) is 45.7 Å². The second-order valence-electron chi connectivity index (χ2n) is 5.16. The standard InChI is InChI=1S/C14H21N3O2/c1-10-8-17(9-11(2)16(10)3)13-7-12(5-6-15-13)14(18)19-4/h5-7,10-11H,8-9H2,1-4H3. The van der Waals surface area contributed by atoms with Gasteiger partial charge in [0.25, 0.3) is 0 Å². The van der Waals surface area contributed by atoms with Crippen LogP contribution >= 0.6 is 0 Å². The van der Waals surface area contributed by atoms with E-state index in [2.05, 4.69) is 35.7 Å². The third-order valence-electron chi connectivity index (χ3n) is 3.85. The van der Waals surface area contributed by atoms with Crippen LogP contribution in [0, 0.1) is 0 Å². The average Bonchev–Trinajstić information content (AvgIpc) is 2.43. The largest absolute Gasteiger partial charge is 0.465 e. The van der Waals surface area contributed by atoms with E-state index in [9.17, 15) is 4.79 Å². The number of aromatic nitrogens is 1. The number of piperazine rings is 1. The molecule has 2 rings (SSSR count). The molecule has 0 spiro atoms. The average molecular weight is 263 g/mol. The SMILES string of the molecule is COC(=O)c1ccnc(N2CC(C)N(C)C(C)C2)c1. The molecular weight excluding hydrogens is 242 g/mol. The van der Waals surface area contributed by atoms with Crippen LogP contribution in [0.4, 0.5) is 5.82 Å². The van der Waals surface area contributed by atoms with Crippen LogP contribution in [0.25, 0.3) is 0 Å². The Morgan fingerprint density at radius 3 is 2.58 bits per heavy atom. The molecule has 19 heavy (non-hydrogen) atoms. The predicted molar refractivity (Wildman–Crippen MR) is 74.5 cm³/mol. The highest BCUT2D eigenvalue weighted by molar-refractivity contribution is 5.90. The Kier molecular flexibility index (Phi) is 4.04. The maximum atomic E-state index is 11.6. The fraction of sp³-hybridized carbons (Fsp3) is 0.571. The normalized spacial score (nSPS) is 24.3. The van der Waals surface area contributed by atoms with Crippen molar-refractivity contribution >= 4 is 11.8 Å². The highest BCUT2D eigenvalue weighted by atomic mass is 16.5. The van der Waals surface area contributed by atoms with E-state index in [0.29, 0.717) is 17.6 Å². The first-order valence-corrected chi connectivity index (χ1v) is 6.54. The highest BCUT2D eigenvalue weighted by Gasteiger charge is 2.27. The van der Waals surface area contributed by atoms with E-state index >= 15 is 0 Å². The van der Waals surface area contributed by atoms with Crippen LogP contribution in [0.3, 0.4) is 0 Å². The number of methoxy groups -OCH3 is 1. The van der Waals surface area contributed by atoms with Crippen molar-refractivity contribution in [2.45, 2.75) is 25.9 Å². The van der Waals surface area contributed by atoms with Gasteiger partial charge in [-0.1, -0.05) is 0 Å². The van der Waals surface area contributed by atoms with E-state index in [1.54, 1.807) is 18.3 Å². The van der Waals surface area contributed by atoms with Gasteiger partial charge in [-0.2, -0.15) is 0 Å². The van der Waals surface area contributed by atoms with Crippen molar-refractivity contribution in [2.75, 3.05) is 32.1 Å². The summed E-state index contributed by atoms with van der Waals surface area (Å²) >= 11 is 0. The molecule has 1 aliphatic heterocycles. The molecule has 104 valence electrons. The van der Waals surface area contributed by atoms with Crippen molar-refractivity contribution in [3.05, 3.63) is 23.9 Å². The van der Waals surface area contributed by atoms with Gasteiger partial charge >= 0.3 is 5.97 Å². The molecule has 0 saturated carbocycles. The summed E-state index contributed by atoms with van der Waals surface area (Å²) in [5, 5.41) is 0. The number of esters is 1. The molecule has 0 aromatic carbocycles. The number of hydrogen-bond acceptors (Lipinski definition) is 5. The molecule has 0 amide bonds. The lowest BCUT2D eigenvalue weighted by atomic mass is 10.1. The number of anilines is 1. The molecule has 2 heterocycles. The van der Waals surface area contributed by atoms with Crippen molar-refractivity contribution in [2.24, 2.45) is 0 Å². The second-order valence-corrected chi connectivity index (χ2v) is 5.16. The number of likely N-dealkylation sites (N-methyl/N-ethyl adjacent to an activating group) is 1. The molecule has 0 aliphatic carbocycles. The summed E-state index contributed by atoms with van der Waals surface area (Å²) in [6, 6.07) is 4.41. The minimum absolute atomic E-state index is 0.320. The van der Waals surface area contributed by atoms with Crippen molar-refractivity contribution in [3.63, 3.8) is 0 Å². The van der Waals surface area contributed by atoms with E-state index in [1.807, 2.05) is 0 Å². The van der Waals surface area contributed by atoms with Gasteiger partial charge in [-0.15, -0.1) is 0 Å². The Bertz CT molecular complexity index is 452. The van der Waals surface area contributed by atoms with Gasteiger partial charge in [0, 0.05) is 31.4 Å². The van der Waals surface area contributed by atoms with Crippen molar-refractivity contribution < 1.29 is 9.53 Å². The van der Waals surface area contributed by atoms with E-state index in [1.165, 1.54) is 7.11 Å². The molecule has 5 nitrogen and oxygen atoms in total. The summed E-state index contributed by atoms with van der Waals surface area (Å²) in [5.74, 6) is 0.522. The second kappa shape index (κ2) is 5.57. The highest BCUT2D eigenvalue weighted by Crippen LogP contribution is 2.20. The van der Waals surface area contributed by atoms with Crippen LogP contribution in [0.15, 0.2) is 18.3 Å². The van der Waals surface area contributed by atoms with Crippen LogP contribution in [0.2, 0.25) is 0 Å². The Balaban J connectivity index is 2.20. The van der Waals surface area contributed by atoms with Crippen molar-refractivity contribution in [1.82, 2.24) is 9.88 Å². The number of nitrogens with zero attached hydrogens (tertiary/aromatic N) is 3. The Morgan fingerprint density at radius 2 is 2.00 bits per heavy atom. The van der Waals surface area contributed by atoms with Crippen LogP contribution in [-0.2, 0) is 4.74 Å². The van der Waals surface area contributed by atoms with Gasteiger partial charge in [-0.3, -0.25) is 4.90 Å². The Labute approximate surface area is 114 Å². The zero-order valence-corrected chi connectivity index (χ0v) is 12.0. The van der Waals surface area contributed by atoms with Crippen LogP contribution in [0.1, 0.15) is 24.2 Å². The number of carbonyl (C=O) groups is 1. The van der Waals surface area contributed by atoms with E-state index in [0.717, 1.165) is 18.9 Å². The zero-order valence-electron chi connectivity index (χ0n) is 12.0. The first kappa shape index (κ1) is 13.8. The molecule has 1 aromatic rings. The quantitative estimate of drug-likeness (QED) is 0.755. The summed E-state index contributed by atoms with van der Waals surface area (Å²) in [7, 11) is 3.54. The summed E-state index contributed by atoms with van der Waals surface area (Å²) in [6.45, 7) is 6.23. The zero-order chi connectivity index (χ0) is 14.0. The molecule has 2 unspecified atom stereocenters. The third-order valence-corrected chi connectivity index (χ3v) is 3.85. The molecular formula is C14H21N3O2. The lowest BCUT2D eigenvalue weighted by Gasteiger charge is -2.43. The predicted octanol–water partition coefficient (Wildman–Crippen LogP) is 1.40. The van der Waals surface area contributed by atoms with Gasteiger partial charge in [0.05, 0.1) is 12.7 Å². The van der Waals surface area contributed by atoms with Crippen LogP contribution in [-0.4, -0.2) is 55.2 Å². The van der Waals surface area contributed by atoms with E-state index in [-0.39, 0.29) is 5.97 Å². The van der Waals surface area contributed by atoms with Gasteiger partial charge in [-0.05, 0) is 33.0 Å². The molecule has 1 aliphatic rings. The van der Waals surface area contributed by atoms with Gasteiger partial charge in [0.2, 0.25) is 0 Å². The lowest BCUT2D eigenvalue weighted by Crippen LogP contribution is -2.55. The number of rotatable bonds is 2. The summed E-state index contributed by atoms with van der Waals surface area (Å²) < 4.78 is 4.74. The smallest absolute Gasteiger partial charge is 0.338 e. The minimum Gasteiger partial charge on any atom is -0.465 e. The minimum atomic E-state index is -0.320. The van der Waals surface area contributed by atoms with Crippen molar-refractivity contribution in [3.8, 4) is 0 Å². The van der Waals surface area contributed by atoms with Gasteiger partial charge in [-0.25, -0.2) is 9.78 Å². The molecule has 5 heteroatoms. The maximum absolute atomic E-state index is 11.6. The maximum Gasteiger partial charge on any atom is 0.338 e. The van der Waals surface area contributed by atoms with Gasteiger partial charge < -0.3 is 9.64 Å². The van der Waals surface area contributed by atoms with E-state index in [4.69, 9.17) is 4.74 Å². The summed E-state index contributed by atoms with van der Waals surface area (Å²) in [4.78, 5) is 20.5. The molecule has 1 fully saturated rings. The fourth-order valence-corrected chi connectivity index (χ4v) is 2.43. The molecule has 0 bridgehead atoms. The number of carbonyl (C=O) groups excluding carboxylic acids is 1. The molecule has 0 N–H and O–H groups in total. The Hall–Kier alpha value is -1.62. The van der Waals surface area contributed by atoms with Gasteiger partial charge in [0.15, 0.2) is 0 Å². The monoisotopic (exact) mass is 263 g/mol. The third kappa shape index (κ3) is 2.87. The molecule has 1 aromatic heterocycles. The van der Waals surface area contributed by atoms with Crippen LogP contribution in [0.5, 0.6) is 0 Å². The van der Waals surface area contributed by atoms with E-state index < -0.39 is 0 Å². The molecule has 0 radical (unpaired) electrons. The fourth-order valence-electron chi connectivity index (χ4n) is 2.43. The van der Waals surface area contributed by atoms with Crippen molar-refractivity contribution in [1.29, 1.82) is 0 Å². The lowest BCUT2D eigenvalue weighted by molar-refractivity contribution is 0.0600. The van der Waals surface area contributed by atoms with Crippen LogP contribution < -0.4 is 4.90 Å². The number of pyridine rings is 1. The molecule has 1 saturated heterocycles. The molecule has 2 atom stereocenters. The first-order valence-electron chi connectivity index (χ1n) is 6.54.